The van der Waals surface area contributed by atoms with Crippen molar-refractivity contribution in [3.63, 3.8) is 0 Å². The van der Waals surface area contributed by atoms with E-state index in [2.05, 4.69) is 42.5 Å². The molecule has 0 N–H and O–H groups in total. The van der Waals surface area contributed by atoms with Crippen molar-refractivity contribution in [2.45, 2.75) is 173 Å². The average molecular weight is 691 g/mol. The standard InChI is InChI=1S/C50H74O/c1-3-13-33(14-4-1)35-25-27-36(28-26-35)48-41-19-7-8-20-42(41)49(39-18-11-17-37(31-39)34-15-5-2-6-16-34)43-30-29-38(32-45(43)48)40-22-12-24-47-50(40)44-21-9-10-23-46(44)51-47/h2,5-6,12,15,22,25,33-34,36-50H,1,3-4,7-11,13-14,16-21,23-24,26-32H2. The van der Waals surface area contributed by atoms with E-state index in [-0.39, 0.29) is 0 Å². The summed E-state index contributed by atoms with van der Waals surface area (Å²) in [6.45, 7) is 0. The smallest absolute Gasteiger partial charge is 0.0650 e. The molecule has 6 saturated carbocycles. The van der Waals surface area contributed by atoms with Crippen molar-refractivity contribution in [3.8, 4) is 0 Å². The molecule has 7 fully saturated rings. The van der Waals surface area contributed by atoms with Gasteiger partial charge in [-0.15, -0.1) is 0 Å². The van der Waals surface area contributed by atoms with Crippen LogP contribution in [0.2, 0.25) is 0 Å². The van der Waals surface area contributed by atoms with Gasteiger partial charge in [-0.2, -0.15) is 0 Å². The van der Waals surface area contributed by atoms with Gasteiger partial charge in [0.25, 0.3) is 0 Å². The highest BCUT2D eigenvalue weighted by molar-refractivity contribution is 5.16. The summed E-state index contributed by atoms with van der Waals surface area (Å²) in [4.78, 5) is 0. The van der Waals surface area contributed by atoms with E-state index in [9.17, 15) is 0 Å². The van der Waals surface area contributed by atoms with Gasteiger partial charge in [0.2, 0.25) is 0 Å². The molecule has 51 heavy (non-hydrogen) atoms. The summed E-state index contributed by atoms with van der Waals surface area (Å²) in [5.41, 5.74) is 1.92. The minimum Gasteiger partial charge on any atom is -0.374 e. The van der Waals surface area contributed by atoms with E-state index >= 15 is 0 Å². The molecule has 10 aliphatic rings. The van der Waals surface area contributed by atoms with Crippen LogP contribution in [-0.2, 0) is 4.74 Å². The quantitative estimate of drug-likeness (QED) is 0.261. The first-order valence-electron chi connectivity index (χ1n) is 23.6. The van der Waals surface area contributed by atoms with Gasteiger partial charge in [0.05, 0.1) is 12.2 Å². The molecule has 0 amide bonds. The van der Waals surface area contributed by atoms with Crippen LogP contribution in [0, 0.1) is 88.8 Å². The third-order valence-corrected chi connectivity index (χ3v) is 18.7. The second kappa shape index (κ2) is 15.2. The number of rotatable bonds is 5. The zero-order chi connectivity index (χ0) is 33.7. The van der Waals surface area contributed by atoms with E-state index < -0.39 is 0 Å². The summed E-state index contributed by atoms with van der Waals surface area (Å²) < 4.78 is 6.93. The molecule has 10 rings (SSSR count). The lowest BCUT2D eigenvalue weighted by atomic mass is 9.43. The Morgan fingerprint density at radius 2 is 1.22 bits per heavy atom. The van der Waals surface area contributed by atoms with Crippen LogP contribution < -0.4 is 0 Å². The zero-order valence-corrected chi connectivity index (χ0v) is 32.4. The van der Waals surface area contributed by atoms with E-state index in [1.165, 1.54) is 122 Å². The maximum Gasteiger partial charge on any atom is 0.0650 e. The summed E-state index contributed by atoms with van der Waals surface area (Å²) in [6, 6.07) is 0. The molecular weight excluding hydrogens is 617 g/mol. The van der Waals surface area contributed by atoms with Gasteiger partial charge in [-0.05, 0) is 192 Å². The summed E-state index contributed by atoms with van der Waals surface area (Å²) in [6.07, 6.45) is 56.3. The minimum atomic E-state index is 0.535. The molecular formula is C50H74O. The Morgan fingerprint density at radius 1 is 0.451 bits per heavy atom. The van der Waals surface area contributed by atoms with E-state index in [4.69, 9.17) is 4.74 Å². The number of allylic oxidation sites excluding steroid dienone is 7. The highest BCUT2D eigenvalue weighted by atomic mass is 16.5. The maximum atomic E-state index is 6.93. The lowest BCUT2D eigenvalue weighted by Gasteiger charge is -2.61. The first-order chi connectivity index (χ1) is 25.3. The third-order valence-electron chi connectivity index (χ3n) is 18.7. The Morgan fingerprint density at radius 3 is 2.02 bits per heavy atom. The molecule has 0 aromatic carbocycles. The Bertz CT molecular complexity index is 1310. The van der Waals surface area contributed by atoms with Crippen LogP contribution in [-0.4, -0.2) is 12.2 Å². The summed E-state index contributed by atoms with van der Waals surface area (Å²) >= 11 is 0. The van der Waals surface area contributed by atoms with Crippen molar-refractivity contribution in [3.05, 3.63) is 48.1 Å². The minimum absolute atomic E-state index is 0.535. The van der Waals surface area contributed by atoms with Gasteiger partial charge in [-0.1, -0.05) is 106 Å². The van der Waals surface area contributed by atoms with Crippen molar-refractivity contribution in [1.29, 1.82) is 0 Å². The van der Waals surface area contributed by atoms with Gasteiger partial charge < -0.3 is 4.74 Å². The summed E-state index contributed by atoms with van der Waals surface area (Å²) in [5.74, 6) is 14.2. The fraction of sp³-hybridized carbons (Fsp3) is 0.840. The zero-order valence-electron chi connectivity index (χ0n) is 32.4. The Hall–Kier alpha value is -1.08. The first-order valence-corrected chi connectivity index (χ1v) is 23.6. The predicted molar refractivity (Wildman–Crippen MR) is 212 cm³/mol. The molecule has 0 aromatic heterocycles. The summed E-state index contributed by atoms with van der Waals surface area (Å²) in [5, 5.41) is 0. The van der Waals surface area contributed by atoms with Crippen LogP contribution in [0.5, 0.6) is 0 Å². The van der Waals surface area contributed by atoms with Crippen molar-refractivity contribution in [1.82, 2.24) is 0 Å². The Kier molecular flexibility index (Phi) is 10.3. The number of hydrogen-bond donors (Lipinski definition) is 0. The van der Waals surface area contributed by atoms with Gasteiger partial charge in [0.1, 0.15) is 0 Å². The van der Waals surface area contributed by atoms with Crippen molar-refractivity contribution >= 4 is 0 Å². The molecule has 0 bridgehead atoms. The highest BCUT2D eigenvalue weighted by Crippen LogP contribution is 2.65. The molecule has 280 valence electrons. The molecule has 1 aliphatic heterocycles. The topological polar surface area (TPSA) is 9.23 Å². The molecule has 0 spiro atoms. The largest absolute Gasteiger partial charge is 0.374 e. The van der Waals surface area contributed by atoms with Crippen LogP contribution in [0.3, 0.4) is 0 Å². The van der Waals surface area contributed by atoms with Gasteiger partial charge in [0, 0.05) is 0 Å². The van der Waals surface area contributed by atoms with Gasteiger partial charge >= 0.3 is 0 Å². The monoisotopic (exact) mass is 691 g/mol. The lowest BCUT2D eigenvalue weighted by Crippen LogP contribution is -2.55. The summed E-state index contributed by atoms with van der Waals surface area (Å²) in [7, 11) is 0. The molecule has 0 aromatic rings. The normalized spacial score (nSPS) is 50.1. The first kappa shape index (κ1) is 34.4. The SMILES string of the molecule is C1=CCC(C2CCCC(C3C4CCCCC4C(C4CC=C(C5CCCCC5)CC4)C4CC(C5C=CCC6OC7CCCCC7C65)CCC43)C2)C=C1. The van der Waals surface area contributed by atoms with Gasteiger partial charge in [-0.3, -0.25) is 0 Å². The van der Waals surface area contributed by atoms with E-state index in [1.807, 2.05) is 5.57 Å². The number of ether oxygens (including phenoxy) is 1. The molecule has 9 aliphatic carbocycles. The fourth-order valence-corrected chi connectivity index (χ4v) is 16.8. The van der Waals surface area contributed by atoms with Crippen LogP contribution in [0.15, 0.2) is 48.1 Å². The second-order valence-corrected chi connectivity index (χ2v) is 20.7. The Labute approximate surface area is 313 Å². The lowest BCUT2D eigenvalue weighted by molar-refractivity contribution is -0.124. The van der Waals surface area contributed by atoms with Crippen molar-refractivity contribution in [2.75, 3.05) is 0 Å². The Balaban J connectivity index is 0.956. The maximum absolute atomic E-state index is 6.93. The van der Waals surface area contributed by atoms with E-state index in [0.29, 0.717) is 12.2 Å². The second-order valence-electron chi connectivity index (χ2n) is 20.7. The molecule has 0 radical (unpaired) electrons. The van der Waals surface area contributed by atoms with Crippen molar-refractivity contribution in [2.24, 2.45) is 88.8 Å². The van der Waals surface area contributed by atoms with Crippen LogP contribution in [0.25, 0.3) is 0 Å². The molecule has 16 atom stereocenters. The number of hydrogen-bond acceptors (Lipinski definition) is 1. The molecule has 1 nitrogen and oxygen atoms in total. The van der Waals surface area contributed by atoms with E-state index in [1.54, 1.807) is 38.5 Å². The molecule has 1 saturated heterocycles. The van der Waals surface area contributed by atoms with Crippen LogP contribution >= 0.6 is 0 Å². The molecule has 16 unspecified atom stereocenters. The average Bonchev–Trinajstić information content (AvgIpc) is 3.60. The predicted octanol–water partition coefficient (Wildman–Crippen LogP) is 13.5. The molecule has 1 heteroatoms. The number of fused-ring (bicyclic) bond motifs is 5. The van der Waals surface area contributed by atoms with Crippen LogP contribution in [0.1, 0.15) is 161 Å². The molecule has 1 heterocycles. The fourth-order valence-electron chi connectivity index (χ4n) is 16.8. The van der Waals surface area contributed by atoms with Gasteiger partial charge in [-0.25, -0.2) is 0 Å². The van der Waals surface area contributed by atoms with Crippen molar-refractivity contribution < 1.29 is 4.74 Å². The van der Waals surface area contributed by atoms with Crippen LogP contribution in [0.4, 0.5) is 0 Å². The van der Waals surface area contributed by atoms with E-state index in [0.717, 1.165) is 88.8 Å². The third kappa shape index (κ3) is 6.58. The van der Waals surface area contributed by atoms with Gasteiger partial charge in [0.15, 0.2) is 0 Å². The highest BCUT2D eigenvalue weighted by Gasteiger charge is 2.58.